The van der Waals surface area contributed by atoms with Crippen LogP contribution in [-0.2, 0) is 13.3 Å². The first kappa shape index (κ1) is 33.7. The molecule has 0 aromatic rings. The van der Waals surface area contributed by atoms with Crippen molar-refractivity contribution in [2.75, 3.05) is 0 Å². The van der Waals surface area contributed by atoms with Gasteiger partial charge in [-0.2, -0.15) is 0 Å². The van der Waals surface area contributed by atoms with Crippen molar-refractivity contribution in [2.45, 2.75) is 168 Å². The molecule has 4 atom stereocenters. The summed E-state index contributed by atoms with van der Waals surface area (Å²) in [6.45, 7) is 40.4. The zero-order valence-corrected chi connectivity index (χ0v) is 30.0. The van der Waals surface area contributed by atoms with Crippen LogP contribution >= 0.6 is 0 Å². The van der Waals surface area contributed by atoms with Gasteiger partial charge < -0.3 is 13.3 Å². The lowest BCUT2D eigenvalue weighted by molar-refractivity contribution is -0.0252. The summed E-state index contributed by atoms with van der Waals surface area (Å²) in [5.41, 5.74) is -0.184. The van der Waals surface area contributed by atoms with Crippen molar-refractivity contribution < 1.29 is 13.3 Å². The fourth-order valence-corrected chi connectivity index (χ4v) is 17.6. The summed E-state index contributed by atoms with van der Waals surface area (Å²) in [6.07, 6.45) is 5.22. The largest absolute Gasteiger partial charge is 0.417 e. The van der Waals surface area contributed by atoms with E-state index in [4.69, 9.17) is 13.3 Å². The molecule has 0 aromatic carbocycles. The first-order valence-electron chi connectivity index (χ1n) is 13.7. The van der Waals surface area contributed by atoms with Gasteiger partial charge >= 0.3 is 0 Å². The summed E-state index contributed by atoms with van der Waals surface area (Å²) >= 11 is 0. The van der Waals surface area contributed by atoms with Gasteiger partial charge in [-0.25, -0.2) is 0 Å². The number of rotatable bonds is 15. The maximum atomic E-state index is 7.54. The van der Waals surface area contributed by atoms with E-state index < -0.39 is 33.7 Å². The Morgan fingerprint density at radius 1 is 0.606 bits per heavy atom. The predicted molar refractivity (Wildman–Crippen MR) is 160 cm³/mol. The molecule has 3 nitrogen and oxygen atoms in total. The van der Waals surface area contributed by atoms with E-state index >= 15 is 0 Å². The minimum Gasteiger partial charge on any atom is -0.417 e. The van der Waals surface area contributed by atoms with Crippen LogP contribution in [0.2, 0.25) is 64.0 Å². The summed E-state index contributed by atoms with van der Waals surface area (Å²) in [5, 5.41) is -0.137. The van der Waals surface area contributed by atoms with Crippen molar-refractivity contribution in [2.24, 2.45) is 0 Å². The second-order valence-corrected chi connectivity index (χ2v) is 30.5. The SMILES string of the molecule is CCC(CC)(O[Si](C)(C)C(C)(CC)O[Si](C)(C)C)C(C)(CC)[SiH](C)OC(C)(CC)[Si](C)(C)C. The molecule has 0 saturated heterocycles. The fourth-order valence-electron chi connectivity index (χ4n) is 5.50. The van der Waals surface area contributed by atoms with E-state index in [0.29, 0.717) is 0 Å². The van der Waals surface area contributed by atoms with Gasteiger partial charge in [0.2, 0.25) is 8.32 Å². The normalized spacial score (nSPS) is 20.6. The lowest BCUT2D eigenvalue weighted by atomic mass is 9.81. The molecule has 200 valence electrons. The summed E-state index contributed by atoms with van der Waals surface area (Å²) in [5.74, 6) is 0. The molecule has 0 N–H and O–H groups in total. The molecule has 0 bridgehead atoms. The van der Waals surface area contributed by atoms with Gasteiger partial charge in [-0.1, -0.05) is 61.2 Å². The Hall–Kier alpha value is 0.748. The highest BCUT2D eigenvalue weighted by Gasteiger charge is 2.58. The molecular weight excluding hydrogens is 473 g/mol. The van der Waals surface area contributed by atoms with Crippen LogP contribution in [-0.4, -0.2) is 49.8 Å². The van der Waals surface area contributed by atoms with Crippen LogP contribution in [0.25, 0.3) is 0 Å². The molecular formula is C26H62O3Si4. The van der Waals surface area contributed by atoms with Gasteiger partial charge in [0, 0.05) is 10.3 Å². The summed E-state index contributed by atoms with van der Waals surface area (Å²) in [4.78, 5) is 0. The Morgan fingerprint density at radius 3 is 1.30 bits per heavy atom. The Kier molecular flexibility index (Phi) is 11.7. The first-order valence-corrected chi connectivity index (χ1v) is 25.7. The lowest BCUT2D eigenvalue weighted by Crippen LogP contribution is -2.66. The minimum absolute atomic E-state index is 0.00805. The third-order valence-electron chi connectivity index (χ3n) is 9.44. The molecule has 4 unspecified atom stereocenters. The average molecular weight is 535 g/mol. The van der Waals surface area contributed by atoms with E-state index in [-0.39, 0.29) is 21.1 Å². The highest BCUT2D eigenvalue weighted by Crippen LogP contribution is 2.54. The Labute approximate surface area is 214 Å². The second-order valence-electron chi connectivity index (χ2n) is 13.5. The molecule has 0 aliphatic rings. The van der Waals surface area contributed by atoms with Crippen LogP contribution in [0.5, 0.6) is 0 Å². The van der Waals surface area contributed by atoms with Crippen LogP contribution in [0.15, 0.2) is 0 Å². The Morgan fingerprint density at radius 2 is 1.03 bits per heavy atom. The predicted octanol–water partition coefficient (Wildman–Crippen LogP) is 8.91. The van der Waals surface area contributed by atoms with Crippen molar-refractivity contribution in [1.29, 1.82) is 0 Å². The molecule has 33 heavy (non-hydrogen) atoms. The van der Waals surface area contributed by atoms with Crippen LogP contribution < -0.4 is 0 Å². The topological polar surface area (TPSA) is 27.7 Å². The Balaban J connectivity index is 6.48. The third kappa shape index (κ3) is 7.16. The van der Waals surface area contributed by atoms with Crippen LogP contribution in [0.1, 0.15) is 87.5 Å². The van der Waals surface area contributed by atoms with Gasteiger partial charge in [-0.05, 0) is 85.2 Å². The van der Waals surface area contributed by atoms with Crippen LogP contribution in [0, 0.1) is 0 Å². The molecule has 0 radical (unpaired) electrons. The smallest absolute Gasteiger partial charge is 0.217 e. The van der Waals surface area contributed by atoms with Gasteiger partial charge in [0.1, 0.15) is 0 Å². The highest BCUT2D eigenvalue weighted by atomic mass is 28.4. The molecule has 0 aliphatic heterocycles. The number of hydrogen-bond acceptors (Lipinski definition) is 3. The van der Waals surface area contributed by atoms with E-state index in [9.17, 15) is 0 Å². The Bertz CT molecular complexity index is 610. The quantitative estimate of drug-likeness (QED) is 0.196. The van der Waals surface area contributed by atoms with E-state index in [0.717, 1.165) is 32.1 Å². The van der Waals surface area contributed by atoms with Crippen molar-refractivity contribution in [1.82, 2.24) is 0 Å². The third-order valence-corrected chi connectivity index (χ3v) is 22.1. The van der Waals surface area contributed by atoms with Crippen LogP contribution in [0.4, 0.5) is 0 Å². The molecule has 7 heteroatoms. The maximum absolute atomic E-state index is 7.54. The molecule has 0 aromatic heterocycles. The minimum atomic E-state index is -2.23. The van der Waals surface area contributed by atoms with Gasteiger partial charge in [-0.3, -0.25) is 0 Å². The summed E-state index contributed by atoms with van der Waals surface area (Å²) in [6, 6.07) is 0. The molecule has 0 heterocycles. The molecule has 0 fully saturated rings. The van der Waals surface area contributed by atoms with Crippen molar-refractivity contribution in [3.8, 4) is 0 Å². The van der Waals surface area contributed by atoms with Crippen molar-refractivity contribution in [3.05, 3.63) is 0 Å². The first-order chi connectivity index (χ1) is 14.6. The average Bonchev–Trinajstić information content (AvgIpc) is 2.68. The van der Waals surface area contributed by atoms with E-state index in [2.05, 4.69) is 114 Å². The van der Waals surface area contributed by atoms with Crippen molar-refractivity contribution >= 4 is 33.7 Å². The standard InChI is InChI=1S/C26H62O3Si4/c1-18-23(6,30(9)27-24(7,19-2)31(10,11)12)26(21-4,22-5)29-33(16,17)25(8,20-3)28-32(13,14)15/h30H,18-22H2,1-17H3. The van der Waals surface area contributed by atoms with Crippen molar-refractivity contribution in [3.63, 3.8) is 0 Å². The fraction of sp³-hybridized carbons (Fsp3) is 1.00. The van der Waals surface area contributed by atoms with Gasteiger partial charge in [-0.15, -0.1) is 0 Å². The zero-order valence-electron chi connectivity index (χ0n) is 25.8. The van der Waals surface area contributed by atoms with Gasteiger partial charge in [0.05, 0.1) is 18.9 Å². The van der Waals surface area contributed by atoms with E-state index in [1.54, 1.807) is 0 Å². The molecule has 0 spiro atoms. The van der Waals surface area contributed by atoms with E-state index in [1.807, 2.05) is 0 Å². The maximum Gasteiger partial charge on any atom is 0.217 e. The molecule has 0 saturated carbocycles. The van der Waals surface area contributed by atoms with E-state index in [1.165, 1.54) is 0 Å². The molecule has 0 rings (SSSR count). The number of hydrogen-bond donors (Lipinski definition) is 0. The second kappa shape index (κ2) is 11.4. The highest BCUT2D eigenvalue weighted by molar-refractivity contribution is 6.79. The monoisotopic (exact) mass is 534 g/mol. The molecule has 0 aliphatic carbocycles. The zero-order chi connectivity index (χ0) is 26.7. The summed E-state index contributed by atoms with van der Waals surface area (Å²) < 4.78 is 21.7. The molecule has 0 amide bonds. The lowest BCUT2D eigenvalue weighted by Gasteiger charge is -2.58. The van der Waals surface area contributed by atoms with Gasteiger partial charge in [0.25, 0.3) is 0 Å². The summed E-state index contributed by atoms with van der Waals surface area (Å²) in [7, 11) is -7.06. The van der Waals surface area contributed by atoms with Gasteiger partial charge in [0.15, 0.2) is 17.4 Å². The van der Waals surface area contributed by atoms with Crippen LogP contribution in [0.3, 0.4) is 0 Å².